The van der Waals surface area contributed by atoms with E-state index in [0.717, 1.165) is 19.4 Å². The summed E-state index contributed by atoms with van der Waals surface area (Å²) < 4.78 is 5.24. The zero-order valence-corrected chi connectivity index (χ0v) is 8.22. The Hall–Kier alpha value is -0.300. The number of hydrogen-bond donors (Lipinski definition) is 0. The average molecular weight is 169 g/mol. The molecule has 0 saturated heterocycles. The smallest absolute Gasteiger partial charge is 0.0833 e. The zero-order chi connectivity index (χ0) is 9.07. The van der Waals surface area contributed by atoms with Gasteiger partial charge in [-0.05, 0) is 25.7 Å². The van der Waals surface area contributed by atoms with Gasteiger partial charge in [-0.25, -0.2) is 0 Å². The molecule has 0 aliphatic heterocycles. The Morgan fingerprint density at radius 3 is 2.58 bits per heavy atom. The van der Waals surface area contributed by atoms with Gasteiger partial charge in [-0.1, -0.05) is 25.8 Å². The fourth-order valence-electron chi connectivity index (χ4n) is 1.03. The molecule has 1 heteroatoms. The molecule has 0 atom stereocenters. The molecule has 0 aliphatic carbocycles. The largest absolute Gasteiger partial charge is 0.376 e. The van der Waals surface area contributed by atoms with Crippen molar-refractivity contribution in [2.75, 3.05) is 6.61 Å². The number of ether oxygens (including phenoxy) is 1. The summed E-state index contributed by atoms with van der Waals surface area (Å²) in [5.41, 5.74) is 0. The maximum atomic E-state index is 5.24. The molecule has 0 aromatic heterocycles. The third-order valence-corrected chi connectivity index (χ3v) is 1.70. The Morgan fingerprint density at radius 2 is 1.92 bits per heavy atom. The second-order valence-electron chi connectivity index (χ2n) is 2.94. The molecule has 0 aliphatic rings. The van der Waals surface area contributed by atoms with Gasteiger partial charge in [0.1, 0.15) is 0 Å². The second kappa shape index (κ2) is 10.7. The molecule has 0 spiro atoms. The van der Waals surface area contributed by atoms with Gasteiger partial charge >= 0.3 is 0 Å². The molecule has 1 nitrogen and oxygen atoms in total. The molecule has 1 radical (unpaired) electrons. The molecule has 0 N–H and O–H groups in total. The van der Waals surface area contributed by atoms with E-state index < -0.39 is 0 Å². The van der Waals surface area contributed by atoms with E-state index in [-0.39, 0.29) is 0 Å². The van der Waals surface area contributed by atoms with Crippen LogP contribution < -0.4 is 0 Å². The van der Waals surface area contributed by atoms with E-state index >= 15 is 0 Å². The lowest BCUT2D eigenvalue weighted by molar-refractivity contribution is 0.188. The van der Waals surface area contributed by atoms with Crippen LogP contribution in [0.2, 0.25) is 0 Å². The summed E-state index contributed by atoms with van der Waals surface area (Å²) in [5, 5.41) is 0. The van der Waals surface area contributed by atoms with E-state index in [1.807, 2.05) is 12.7 Å². The molecule has 0 unspecified atom stereocenters. The fraction of sp³-hybridized carbons (Fsp3) is 0.727. The Kier molecular flexibility index (Phi) is 10.4. The SMILES string of the molecule is C=CCCCCCCO[CH]CC. The monoisotopic (exact) mass is 169 g/mol. The number of hydrogen-bond acceptors (Lipinski definition) is 1. The lowest BCUT2D eigenvalue weighted by Crippen LogP contribution is -1.90. The molecular formula is C11H21O. The maximum Gasteiger partial charge on any atom is 0.0833 e. The average Bonchev–Trinajstić information content (AvgIpc) is 2.10. The fourth-order valence-corrected chi connectivity index (χ4v) is 1.03. The molecule has 71 valence electrons. The topological polar surface area (TPSA) is 9.23 Å². The van der Waals surface area contributed by atoms with Crippen molar-refractivity contribution in [2.24, 2.45) is 0 Å². The van der Waals surface area contributed by atoms with Crippen molar-refractivity contribution in [1.82, 2.24) is 0 Å². The van der Waals surface area contributed by atoms with Crippen molar-refractivity contribution < 1.29 is 4.74 Å². The van der Waals surface area contributed by atoms with Gasteiger partial charge in [-0.15, -0.1) is 6.58 Å². The Morgan fingerprint density at radius 1 is 1.17 bits per heavy atom. The van der Waals surface area contributed by atoms with Crippen LogP contribution in [0.5, 0.6) is 0 Å². The number of unbranched alkanes of at least 4 members (excludes halogenated alkanes) is 4. The predicted octanol–water partition coefficient (Wildman–Crippen LogP) is 3.71. The highest BCUT2D eigenvalue weighted by Gasteiger charge is 1.89. The van der Waals surface area contributed by atoms with Crippen LogP contribution in [0.25, 0.3) is 0 Å². The third-order valence-electron chi connectivity index (χ3n) is 1.70. The van der Waals surface area contributed by atoms with Crippen LogP contribution in [0.4, 0.5) is 0 Å². The first kappa shape index (κ1) is 11.7. The molecule has 0 fully saturated rings. The number of allylic oxidation sites excluding steroid dienone is 1. The standard InChI is InChI=1S/C11H21O/c1-3-5-6-7-8-9-11-12-10-4-2/h3,10H,1,4-9,11H2,2H3. The third kappa shape index (κ3) is 9.70. The van der Waals surface area contributed by atoms with Crippen LogP contribution in [0.3, 0.4) is 0 Å². The van der Waals surface area contributed by atoms with Crippen LogP contribution in [0.1, 0.15) is 45.4 Å². The van der Waals surface area contributed by atoms with Crippen LogP contribution in [0.15, 0.2) is 12.7 Å². The summed E-state index contributed by atoms with van der Waals surface area (Å²) >= 11 is 0. The van der Waals surface area contributed by atoms with Crippen molar-refractivity contribution >= 4 is 0 Å². The zero-order valence-electron chi connectivity index (χ0n) is 8.22. The van der Waals surface area contributed by atoms with Gasteiger partial charge < -0.3 is 4.74 Å². The van der Waals surface area contributed by atoms with Crippen molar-refractivity contribution in [3.63, 3.8) is 0 Å². The lowest BCUT2D eigenvalue weighted by atomic mass is 10.1. The quantitative estimate of drug-likeness (QED) is 0.377. The van der Waals surface area contributed by atoms with Crippen molar-refractivity contribution in [3.8, 4) is 0 Å². The summed E-state index contributed by atoms with van der Waals surface area (Å²) in [6, 6.07) is 0. The molecule has 0 heterocycles. The molecule has 0 amide bonds. The van der Waals surface area contributed by atoms with Gasteiger partial charge in [-0.3, -0.25) is 0 Å². The summed E-state index contributed by atoms with van der Waals surface area (Å²) in [6.45, 7) is 8.55. The molecule has 0 bridgehead atoms. The Bertz CT molecular complexity index is 89.0. The van der Waals surface area contributed by atoms with Crippen LogP contribution >= 0.6 is 0 Å². The van der Waals surface area contributed by atoms with Gasteiger partial charge in [0.05, 0.1) is 6.61 Å². The van der Waals surface area contributed by atoms with Gasteiger partial charge in [0, 0.05) is 6.61 Å². The minimum absolute atomic E-state index is 0.891. The van der Waals surface area contributed by atoms with E-state index in [2.05, 4.69) is 13.5 Å². The molecule has 12 heavy (non-hydrogen) atoms. The first-order valence-electron chi connectivity index (χ1n) is 4.96. The minimum atomic E-state index is 0.891. The normalized spacial score (nSPS) is 10.1. The van der Waals surface area contributed by atoms with E-state index in [4.69, 9.17) is 4.74 Å². The molecule has 0 aromatic rings. The first-order valence-corrected chi connectivity index (χ1v) is 4.96. The highest BCUT2D eigenvalue weighted by molar-refractivity contribution is 4.65. The summed E-state index contributed by atoms with van der Waals surface area (Å²) in [7, 11) is 0. The molecule has 0 aromatic carbocycles. The van der Waals surface area contributed by atoms with E-state index in [1.54, 1.807) is 0 Å². The molecule has 0 rings (SSSR count). The molecule has 0 saturated carbocycles. The number of rotatable bonds is 9. The predicted molar refractivity (Wildman–Crippen MR) is 53.8 cm³/mol. The summed E-state index contributed by atoms with van der Waals surface area (Å²) in [6.07, 6.45) is 9.21. The first-order chi connectivity index (χ1) is 5.91. The van der Waals surface area contributed by atoms with Crippen molar-refractivity contribution in [1.29, 1.82) is 0 Å². The van der Waals surface area contributed by atoms with E-state index in [9.17, 15) is 0 Å². The Balaban J connectivity index is 2.77. The highest BCUT2D eigenvalue weighted by atomic mass is 16.5. The van der Waals surface area contributed by atoms with Gasteiger partial charge in [0.15, 0.2) is 0 Å². The minimum Gasteiger partial charge on any atom is -0.376 e. The van der Waals surface area contributed by atoms with Crippen LogP contribution in [-0.4, -0.2) is 6.61 Å². The Labute approximate surface area is 76.8 Å². The highest BCUT2D eigenvalue weighted by Crippen LogP contribution is 2.03. The maximum absolute atomic E-state index is 5.24. The van der Waals surface area contributed by atoms with Crippen LogP contribution in [-0.2, 0) is 4.74 Å². The molecular weight excluding hydrogens is 148 g/mol. The van der Waals surface area contributed by atoms with Crippen molar-refractivity contribution in [2.45, 2.75) is 45.4 Å². The summed E-state index contributed by atoms with van der Waals surface area (Å²) in [4.78, 5) is 0. The van der Waals surface area contributed by atoms with Crippen molar-refractivity contribution in [3.05, 3.63) is 19.3 Å². The van der Waals surface area contributed by atoms with Gasteiger partial charge in [0.2, 0.25) is 0 Å². The van der Waals surface area contributed by atoms with E-state index in [0.29, 0.717) is 0 Å². The lowest BCUT2D eigenvalue weighted by Gasteiger charge is -2.00. The van der Waals surface area contributed by atoms with E-state index in [1.165, 1.54) is 25.7 Å². The van der Waals surface area contributed by atoms with Gasteiger partial charge in [0.25, 0.3) is 0 Å². The van der Waals surface area contributed by atoms with Gasteiger partial charge in [-0.2, -0.15) is 0 Å². The van der Waals surface area contributed by atoms with Crippen LogP contribution in [0, 0.1) is 6.61 Å². The second-order valence-corrected chi connectivity index (χ2v) is 2.94. The summed E-state index contributed by atoms with van der Waals surface area (Å²) in [5.74, 6) is 0.